The Morgan fingerprint density at radius 3 is 1.21 bits per heavy atom. The van der Waals surface area contributed by atoms with E-state index in [2.05, 4.69) is 63.7 Å². The van der Waals surface area contributed by atoms with Crippen molar-refractivity contribution in [1.82, 2.24) is 0 Å². The van der Waals surface area contributed by atoms with Crippen LogP contribution in [-0.4, -0.2) is 0 Å². The fourth-order valence-electron chi connectivity index (χ4n) is 2.43. The van der Waals surface area contributed by atoms with Crippen LogP contribution in [0.1, 0.15) is 0 Å². The Balaban J connectivity index is 2.36. The third-order valence-electron chi connectivity index (χ3n) is 3.55. The van der Waals surface area contributed by atoms with Crippen molar-refractivity contribution < 1.29 is 8.78 Å². The van der Waals surface area contributed by atoms with Crippen LogP contribution in [-0.2, 0) is 0 Å². The standard InChI is InChI=1S/C18H8Br4F2/c19-11-7-3-1-5-9(11)13-15(21)18(24)14(16(22)17(13)23)10-6-2-4-8-12(10)20/h1-8H. The van der Waals surface area contributed by atoms with Gasteiger partial charge in [0.15, 0.2) is 0 Å². The van der Waals surface area contributed by atoms with E-state index < -0.39 is 11.6 Å². The third kappa shape index (κ3) is 3.14. The quantitative estimate of drug-likeness (QED) is 0.267. The molecule has 0 aliphatic carbocycles. The maximum Gasteiger partial charge on any atom is 0.147 e. The zero-order valence-corrected chi connectivity index (χ0v) is 18.2. The molecule has 0 N–H and O–H groups in total. The summed E-state index contributed by atoms with van der Waals surface area (Å²) >= 11 is 13.3. The molecule has 0 bridgehead atoms. The van der Waals surface area contributed by atoms with Gasteiger partial charge in [0.05, 0.1) is 8.95 Å². The lowest BCUT2D eigenvalue weighted by Gasteiger charge is -2.16. The Morgan fingerprint density at radius 1 is 0.542 bits per heavy atom. The zero-order chi connectivity index (χ0) is 17.4. The van der Waals surface area contributed by atoms with Gasteiger partial charge in [-0.1, -0.05) is 68.3 Å². The summed E-state index contributed by atoms with van der Waals surface area (Å²) in [5, 5.41) is 0. The van der Waals surface area contributed by atoms with Gasteiger partial charge in [0.2, 0.25) is 0 Å². The van der Waals surface area contributed by atoms with Crippen molar-refractivity contribution in [3.8, 4) is 22.3 Å². The molecule has 0 atom stereocenters. The normalized spacial score (nSPS) is 10.9. The van der Waals surface area contributed by atoms with Crippen molar-refractivity contribution in [3.05, 3.63) is 78.1 Å². The van der Waals surface area contributed by atoms with Crippen LogP contribution < -0.4 is 0 Å². The Labute approximate surface area is 171 Å². The van der Waals surface area contributed by atoms with Crippen LogP contribution in [0.3, 0.4) is 0 Å². The van der Waals surface area contributed by atoms with Crippen LogP contribution in [0.15, 0.2) is 66.4 Å². The zero-order valence-electron chi connectivity index (χ0n) is 11.9. The first-order valence-corrected chi connectivity index (χ1v) is 9.96. The van der Waals surface area contributed by atoms with Gasteiger partial charge in [-0.15, -0.1) is 0 Å². The molecule has 3 aromatic carbocycles. The Hall–Kier alpha value is -0.560. The van der Waals surface area contributed by atoms with Gasteiger partial charge in [-0.3, -0.25) is 0 Å². The lowest BCUT2D eigenvalue weighted by molar-refractivity contribution is 0.595. The van der Waals surface area contributed by atoms with E-state index in [4.69, 9.17) is 0 Å². The first-order valence-electron chi connectivity index (χ1n) is 6.79. The second-order valence-corrected chi connectivity index (χ2v) is 8.26. The molecule has 24 heavy (non-hydrogen) atoms. The third-order valence-corrected chi connectivity index (χ3v) is 6.42. The molecule has 0 aliphatic heterocycles. The SMILES string of the molecule is Fc1c(Br)c(-c2ccccc2Br)c(F)c(Br)c1-c1ccccc1Br. The molecule has 0 saturated heterocycles. The molecule has 0 saturated carbocycles. The summed E-state index contributed by atoms with van der Waals surface area (Å²) < 4.78 is 31.8. The van der Waals surface area contributed by atoms with Gasteiger partial charge in [0, 0.05) is 31.2 Å². The fraction of sp³-hybridized carbons (Fsp3) is 0. The van der Waals surface area contributed by atoms with E-state index >= 15 is 8.78 Å². The molecule has 0 radical (unpaired) electrons. The predicted molar refractivity (Wildman–Crippen MR) is 108 cm³/mol. The van der Waals surface area contributed by atoms with Gasteiger partial charge in [-0.25, -0.2) is 8.78 Å². The molecule has 0 fully saturated rings. The van der Waals surface area contributed by atoms with Gasteiger partial charge in [0.1, 0.15) is 11.6 Å². The van der Waals surface area contributed by atoms with Crippen molar-refractivity contribution in [2.24, 2.45) is 0 Å². The molecular formula is C18H8Br4F2. The van der Waals surface area contributed by atoms with Gasteiger partial charge < -0.3 is 0 Å². The van der Waals surface area contributed by atoms with Crippen molar-refractivity contribution >= 4 is 63.7 Å². The maximum absolute atomic E-state index is 15.1. The minimum Gasteiger partial charge on any atom is -0.205 e. The lowest BCUT2D eigenvalue weighted by atomic mass is 9.99. The summed E-state index contributed by atoms with van der Waals surface area (Å²) in [6.45, 7) is 0. The molecule has 3 aromatic rings. The molecule has 0 aromatic heterocycles. The van der Waals surface area contributed by atoms with Crippen molar-refractivity contribution in [1.29, 1.82) is 0 Å². The van der Waals surface area contributed by atoms with Crippen LogP contribution in [0.25, 0.3) is 22.3 Å². The molecule has 6 heteroatoms. The van der Waals surface area contributed by atoms with Gasteiger partial charge in [-0.2, -0.15) is 0 Å². The van der Waals surface area contributed by atoms with Crippen LogP contribution in [0.2, 0.25) is 0 Å². The van der Waals surface area contributed by atoms with E-state index in [1.807, 2.05) is 12.1 Å². The first-order chi connectivity index (χ1) is 11.4. The molecule has 0 spiro atoms. The molecule has 0 amide bonds. The highest BCUT2D eigenvalue weighted by atomic mass is 79.9. The fourth-order valence-corrected chi connectivity index (χ4v) is 4.57. The Morgan fingerprint density at radius 2 is 0.875 bits per heavy atom. The highest BCUT2D eigenvalue weighted by molar-refractivity contribution is 9.11. The van der Waals surface area contributed by atoms with Crippen LogP contribution in [0.4, 0.5) is 8.78 Å². The number of halogens is 6. The highest BCUT2D eigenvalue weighted by Gasteiger charge is 2.25. The monoisotopic (exact) mass is 578 g/mol. The topological polar surface area (TPSA) is 0 Å². The van der Waals surface area contributed by atoms with Crippen LogP contribution in [0.5, 0.6) is 0 Å². The number of rotatable bonds is 2. The summed E-state index contributed by atoms with van der Waals surface area (Å²) in [7, 11) is 0. The van der Waals surface area contributed by atoms with Gasteiger partial charge in [0.25, 0.3) is 0 Å². The predicted octanol–water partition coefficient (Wildman–Crippen LogP) is 8.35. The molecule has 3 rings (SSSR count). The highest BCUT2D eigenvalue weighted by Crippen LogP contribution is 2.46. The van der Waals surface area contributed by atoms with E-state index in [0.29, 0.717) is 20.1 Å². The molecule has 0 unspecified atom stereocenters. The van der Waals surface area contributed by atoms with Gasteiger partial charge in [-0.05, 0) is 44.0 Å². The molecule has 0 heterocycles. The van der Waals surface area contributed by atoms with E-state index in [1.54, 1.807) is 36.4 Å². The average molecular weight is 582 g/mol. The Kier molecular flexibility index (Phi) is 5.59. The minimum atomic E-state index is -0.527. The van der Waals surface area contributed by atoms with E-state index in [9.17, 15) is 0 Å². The maximum atomic E-state index is 15.1. The lowest BCUT2D eigenvalue weighted by Crippen LogP contribution is -1.98. The number of hydrogen-bond donors (Lipinski definition) is 0. The second-order valence-electron chi connectivity index (χ2n) is 4.97. The molecular weight excluding hydrogens is 574 g/mol. The number of benzene rings is 3. The van der Waals surface area contributed by atoms with Crippen LogP contribution >= 0.6 is 63.7 Å². The molecule has 0 aliphatic rings. The van der Waals surface area contributed by atoms with Crippen molar-refractivity contribution in [2.45, 2.75) is 0 Å². The summed E-state index contributed by atoms with van der Waals surface area (Å²) in [5.74, 6) is -1.05. The second kappa shape index (κ2) is 7.36. The van der Waals surface area contributed by atoms with Crippen LogP contribution in [0, 0.1) is 11.6 Å². The van der Waals surface area contributed by atoms with Gasteiger partial charge >= 0.3 is 0 Å². The van der Waals surface area contributed by atoms with E-state index in [0.717, 1.165) is 0 Å². The molecule has 0 nitrogen and oxygen atoms in total. The first kappa shape index (κ1) is 18.2. The van der Waals surface area contributed by atoms with E-state index in [1.165, 1.54) is 0 Å². The smallest absolute Gasteiger partial charge is 0.147 e. The summed E-state index contributed by atoms with van der Waals surface area (Å²) in [4.78, 5) is 0. The van der Waals surface area contributed by atoms with Crippen molar-refractivity contribution in [3.63, 3.8) is 0 Å². The van der Waals surface area contributed by atoms with Crippen molar-refractivity contribution in [2.75, 3.05) is 0 Å². The summed E-state index contributed by atoms with van der Waals surface area (Å²) in [5.41, 5.74) is 1.48. The van der Waals surface area contributed by atoms with E-state index in [-0.39, 0.29) is 20.1 Å². The summed E-state index contributed by atoms with van der Waals surface area (Å²) in [6, 6.07) is 14.2. The largest absolute Gasteiger partial charge is 0.205 e. The Bertz CT molecular complexity index is 833. The molecule has 122 valence electrons. The minimum absolute atomic E-state index is 0.0841. The summed E-state index contributed by atoms with van der Waals surface area (Å²) in [6.07, 6.45) is 0. The average Bonchev–Trinajstić information content (AvgIpc) is 2.57. The number of hydrogen-bond acceptors (Lipinski definition) is 0.